The molecular weight excluding hydrogens is 270 g/mol. The van der Waals surface area contributed by atoms with E-state index in [-0.39, 0.29) is 0 Å². The fraction of sp³-hybridized carbons (Fsp3) is 0.625. The van der Waals surface area contributed by atoms with Crippen molar-refractivity contribution in [1.82, 2.24) is 4.90 Å². The normalized spacial score (nSPS) is 20.4. The highest BCUT2D eigenvalue weighted by molar-refractivity contribution is 7.90. The molecule has 1 aliphatic heterocycles. The van der Waals surface area contributed by atoms with Crippen LogP contribution in [0.3, 0.4) is 0 Å². The van der Waals surface area contributed by atoms with Crippen LogP contribution in [-0.2, 0) is 16.3 Å². The van der Waals surface area contributed by atoms with Crippen molar-refractivity contribution in [3.05, 3.63) is 35.4 Å². The zero-order chi connectivity index (χ0) is 14.6. The SMILES string of the molecule is Cc1ccc(CC2CCCN2CCCS(C)(=O)=O)cc1. The molecule has 1 aliphatic rings. The third-order valence-corrected chi connectivity index (χ3v) is 5.08. The van der Waals surface area contributed by atoms with E-state index >= 15 is 0 Å². The Hall–Kier alpha value is -0.870. The smallest absolute Gasteiger partial charge is 0.147 e. The third kappa shape index (κ3) is 4.91. The van der Waals surface area contributed by atoms with Crippen molar-refractivity contribution in [3.63, 3.8) is 0 Å². The van der Waals surface area contributed by atoms with Gasteiger partial charge in [0, 0.05) is 12.3 Å². The first-order valence-electron chi connectivity index (χ1n) is 7.41. The van der Waals surface area contributed by atoms with E-state index in [9.17, 15) is 8.42 Å². The zero-order valence-electron chi connectivity index (χ0n) is 12.5. The van der Waals surface area contributed by atoms with Crippen LogP contribution in [0.2, 0.25) is 0 Å². The first-order valence-corrected chi connectivity index (χ1v) is 9.47. The standard InChI is InChI=1S/C16H25NO2S/c1-14-6-8-15(9-7-14)13-16-5-3-10-17(16)11-4-12-20(2,18)19/h6-9,16H,3-5,10-13H2,1-2H3. The minimum Gasteiger partial charge on any atom is -0.300 e. The molecule has 1 aromatic carbocycles. The fourth-order valence-electron chi connectivity index (χ4n) is 2.95. The Bertz CT molecular complexity index is 522. The number of rotatable bonds is 6. The van der Waals surface area contributed by atoms with Crippen molar-refractivity contribution in [2.45, 2.75) is 38.6 Å². The number of likely N-dealkylation sites (tertiary alicyclic amines) is 1. The quantitative estimate of drug-likeness (QED) is 0.809. The summed E-state index contributed by atoms with van der Waals surface area (Å²) in [6.07, 6.45) is 5.62. The molecule has 0 N–H and O–H groups in total. The maximum Gasteiger partial charge on any atom is 0.147 e. The van der Waals surface area contributed by atoms with E-state index in [4.69, 9.17) is 0 Å². The molecule has 0 aromatic heterocycles. The molecule has 0 radical (unpaired) electrons. The lowest BCUT2D eigenvalue weighted by Gasteiger charge is -2.24. The van der Waals surface area contributed by atoms with E-state index < -0.39 is 9.84 Å². The minimum atomic E-state index is -2.82. The van der Waals surface area contributed by atoms with E-state index in [1.54, 1.807) is 0 Å². The summed E-state index contributed by atoms with van der Waals surface area (Å²) >= 11 is 0. The largest absolute Gasteiger partial charge is 0.300 e. The molecule has 0 amide bonds. The monoisotopic (exact) mass is 295 g/mol. The summed E-state index contributed by atoms with van der Waals surface area (Å²) in [4.78, 5) is 2.46. The first-order chi connectivity index (χ1) is 9.44. The van der Waals surface area contributed by atoms with E-state index in [1.165, 1.54) is 30.2 Å². The molecule has 0 saturated carbocycles. The van der Waals surface area contributed by atoms with Crippen LogP contribution in [0.1, 0.15) is 30.4 Å². The number of benzene rings is 1. The van der Waals surface area contributed by atoms with Gasteiger partial charge in [-0.3, -0.25) is 0 Å². The minimum absolute atomic E-state index is 0.306. The van der Waals surface area contributed by atoms with Crippen LogP contribution in [0, 0.1) is 6.92 Å². The van der Waals surface area contributed by atoms with Crippen LogP contribution in [0.25, 0.3) is 0 Å². The third-order valence-electron chi connectivity index (χ3n) is 4.05. The first kappa shape index (κ1) is 15.5. The van der Waals surface area contributed by atoms with Crippen LogP contribution in [-0.4, -0.2) is 44.5 Å². The second-order valence-electron chi connectivity index (χ2n) is 6.01. The molecule has 1 heterocycles. The summed E-state index contributed by atoms with van der Waals surface area (Å²) in [7, 11) is -2.82. The van der Waals surface area contributed by atoms with Gasteiger partial charge in [-0.2, -0.15) is 0 Å². The van der Waals surface area contributed by atoms with Gasteiger partial charge < -0.3 is 4.90 Å². The van der Waals surface area contributed by atoms with Crippen molar-refractivity contribution in [3.8, 4) is 0 Å². The molecule has 112 valence electrons. The van der Waals surface area contributed by atoms with E-state index in [2.05, 4.69) is 36.1 Å². The van der Waals surface area contributed by atoms with Gasteiger partial charge in [0.1, 0.15) is 9.84 Å². The maximum atomic E-state index is 11.2. The van der Waals surface area contributed by atoms with Crippen molar-refractivity contribution >= 4 is 9.84 Å². The van der Waals surface area contributed by atoms with Crippen LogP contribution in [0.15, 0.2) is 24.3 Å². The molecule has 1 fully saturated rings. The van der Waals surface area contributed by atoms with Crippen LogP contribution >= 0.6 is 0 Å². The molecule has 2 rings (SSSR count). The van der Waals surface area contributed by atoms with Crippen LogP contribution < -0.4 is 0 Å². The average molecular weight is 295 g/mol. The number of aryl methyl sites for hydroxylation is 1. The number of hydrogen-bond acceptors (Lipinski definition) is 3. The predicted octanol–water partition coefficient (Wildman–Crippen LogP) is 2.44. The van der Waals surface area contributed by atoms with Gasteiger partial charge in [0.25, 0.3) is 0 Å². The molecule has 1 atom stereocenters. The maximum absolute atomic E-state index is 11.2. The molecule has 0 bridgehead atoms. The lowest BCUT2D eigenvalue weighted by Crippen LogP contribution is -2.32. The number of nitrogens with zero attached hydrogens (tertiary/aromatic N) is 1. The lowest BCUT2D eigenvalue weighted by atomic mass is 10.0. The summed E-state index contributed by atoms with van der Waals surface area (Å²) in [5.41, 5.74) is 2.68. The van der Waals surface area contributed by atoms with Gasteiger partial charge in [-0.25, -0.2) is 8.42 Å². The van der Waals surface area contributed by atoms with Gasteiger partial charge in [-0.1, -0.05) is 29.8 Å². The Balaban J connectivity index is 1.85. The van der Waals surface area contributed by atoms with Gasteiger partial charge in [-0.15, -0.1) is 0 Å². The molecular formula is C16H25NO2S. The number of hydrogen-bond donors (Lipinski definition) is 0. The highest BCUT2D eigenvalue weighted by Gasteiger charge is 2.24. The topological polar surface area (TPSA) is 37.4 Å². The molecule has 1 saturated heterocycles. The number of sulfone groups is 1. The van der Waals surface area contributed by atoms with Crippen LogP contribution in [0.4, 0.5) is 0 Å². The van der Waals surface area contributed by atoms with Crippen molar-refractivity contribution in [1.29, 1.82) is 0 Å². The second-order valence-corrected chi connectivity index (χ2v) is 8.26. The summed E-state index contributed by atoms with van der Waals surface area (Å²) < 4.78 is 22.4. The van der Waals surface area contributed by atoms with E-state index in [0.717, 1.165) is 25.9 Å². The molecule has 4 heteroatoms. The highest BCUT2D eigenvalue weighted by atomic mass is 32.2. The Morgan fingerprint density at radius 3 is 2.60 bits per heavy atom. The fourth-order valence-corrected chi connectivity index (χ4v) is 3.60. The van der Waals surface area contributed by atoms with Gasteiger partial charge in [0.15, 0.2) is 0 Å². The molecule has 20 heavy (non-hydrogen) atoms. The summed E-state index contributed by atoms with van der Waals surface area (Å²) in [5.74, 6) is 0.306. The van der Waals surface area contributed by atoms with E-state index in [1.807, 2.05) is 0 Å². The highest BCUT2D eigenvalue weighted by Crippen LogP contribution is 2.21. The predicted molar refractivity (Wildman–Crippen MR) is 83.8 cm³/mol. The lowest BCUT2D eigenvalue weighted by molar-refractivity contribution is 0.253. The van der Waals surface area contributed by atoms with Crippen molar-refractivity contribution in [2.75, 3.05) is 25.1 Å². The van der Waals surface area contributed by atoms with Crippen molar-refractivity contribution in [2.24, 2.45) is 0 Å². The van der Waals surface area contributed by atoms with Gasteiger partial charge in [0.05, 0.1) is 5.75 Å². The molecule has 1 aromatic rings. The van der Waals surface area contributed by atoms with Crippen molar-refractivity contribution < 1.29 is 8.42 Å². The Labute approximate surface area is 122 Å². The molecule has 3 nitrogen and oxygen atoms in total. The average Bonchev–Trinajstić information content (AvgIpc) is 2.78. The zero-order valence-corrected chi connectivity index (χ0v) is 13.3. The molecule has 0 spiro atoms. The second kappa shape index (κ2) is 6.72. The molecule has 0 aliphatic carbocycles. The Morgan fingerprint density at radius 2 is 1.95 bits per heavy atom. The van der Waals surface area contributed by atoms with Gasteiger partial charge in [0.2, 0.25) is 0 Å². The van der Waals surface area contributed by atoms with Crippen LogP contribution in [0.5, 0.6) is 0 Å². The van der Waals surface area contributed by atoms with E-state index in [0.29, 0.717) is 11.8 Å². The molecule has 1 unspecified atom stereocenters. The Kier molecular flexibility index (Phi) is 5.22. The van der Waals surface area contributed by atoms with Gasteiger partial charge in [-0.05, 0) is 51.3 Å². The van der Waals surface area contributed by atoms with Gasteiger partial charge >= 0.3 is 0 Å². The Morgan fingerprint density at radius 1 is 1.25 bits per heavy atom. The summed E-state index contributed by atoms with van der Waals surface area (Å²) in [5, 5.41) is 0. The summed E-state index contributed by atoms with van der Waals surface area (Å²) in [6.45, 7) is 4.13. The summed E-state index contributed by atoms with van der Waals surface area (Å²) in [6, 6.07) is 9.33.